The van der Waals surface area contributed by atoms with Crippen molar-refractivity contribution in [2.45, 2.75) is 18.9 Å². The number of nitrogens with zero attached hydrogens (tertiary/aromatic N) is 1. The molecule has 0 aromatic heterocycles. The summed E-state index contributed by atoms with van der Waals surface area (Å²) < 4.78 is 5.22. The highest BCUT2D eigenvalue weighted by Gasteiger charge is 2.23. The Kier molecular flexibility index (Phi) is 10.4. The molecule has 4 rings (SSSR count). The summed E-state index contributed by atoms with van der Waals surface area (Å²) in [6.07, 6.45) is 0.329. The number of ether oxygens (including phenoxy) is 1. The van der Waals surface area contributed by atoms with Crippen molar-refractivity contribution in [3.8, 4) is 16.9 Å². The van der Waals surface area contributed by atoms with Gasteiger partial charge in [-0.05, 0) is 52.9 Å². The zero-order valence-electron chi connectivity index (χ0n) is 23.4. The number of carbonyl (C=O) groups is 3. The van der Waals surface area contributed by atoms with Crippen LogP contribution in [0.1, 0.15) is 44.3 Å². The Hall–Kier alpha value is -4.95. The number of nitrogens with one attached hydrogen (secondary N) is 1. The lowest BCUT2D eigenvalue weighted by Crippen LogP contribution is -2.35. The van der Waals surface area contributed by atoms with E-state index in [0.29, 0.717) is 35.2 Å². The molecule has 0 heterocycles. The van der Waals surface area contributed by atoms with E-state index in [2.05, 4.69) is 5.32 Å². The third kappa shape index (κ3) is 7.62. The molecule has 0 saturated heterocycles. The predicted octanol–water partition coefficient (Wildman–Crippen LogP) is 4.99. The normalized spacial score (nSPS) is 11.4. The molecule has 8 nitrogen and oxygen atoms in total. The number of aliphatic hydroxyl groups excluding tert-OH is 1. The van der Waals surface area contributed by atoms with Gasteiger partial charge < -0.3 is 25.2 Å². The lowest BCUT2D eigenvalue weighted by atomic mass is 9.94. The fraction of sp³-hybridized carbons (Fsp3) is 0.206. The van der Waals surface area contributed by atoms with Crippen molar-refractivity contribution in [2.75, 3.05) is 26.8 Å². The number of benzene rings is 4. The highest BCUT2D eigenvalue weighted by atomic mass is 16.5. The van der Waals surface area contributed by atoms with E-state index in [4.69, 9.17) is 4.74 Å². The first kappa shape index (κ1) is 30.0. The number of aliphatic carboxylic acids is 1. The van der Waals surface area contributed by atoms with Crippen molar-refractivity contribution in [1.29, 1.82) is 0 Å². The molecule has 1 unspecified atom stereocenters. The Morgan fingerprint density at radius 1 is 0.786 bits per heavy atom. The second kappa shape index (κ2) is 14.6. The van der Waals surface area contributed by atoms with Crippen molar-refractivity contribution in [3.63, 3.8) is 0 Å². The summed E-state index contributed by atoms with van der Waals surface area (Å²) in [5.74, 6) is -0.987. The first-order valence-corrected chi connectivity index (χ1v) is 13.7. The maximum atomic E-state index is 13.9. The maximum Gasteiger partial charge on any atom is 0.305 e. The molecule has 1 atom stereocenters. The van der Waals surface area contributed by atoms with Gasteiger partial charge in [0, 0.05) is 24.2 Å². The van der Waals surface area contributed by atoms with Crippen molar-refractivity contribution in [3.05, 3.63) is 125 Å². The van der Waals surface area contributed by atoms with Gasteiger partial charge in [0.15, 0.2) is 0 Å². The lowest BCUT2D eigenvalue weighted by molar-refractivity contribution is -0.137. The Morgan fingerprint density at radius 3 is 2.00 bits per heavy atom. The van der Waals surface area contributed by atoms with Crippen LogP contribution in [0.3, 0.4) is 0 Å². The van der Waals surface area contributed by atoms with Gasteiger partial charge in [0.2, 0.25) is 0 Å². The van der Waals surface area contributed by atoms with Gasteiger partial charge in [-0.25, -0.2) is 0 Å². The molecule has 0 radical (unpaired) electrons. The van der Waals surface area contributed by atoms with E-state index in [-0.39, 0.29) is 25.5 Å². The Bertz CT molecular complexity index is 1500. The molecule has 0 aliphatic heterocycles. The van der Waals surface area contributed by atoms with Crippen LogP contribution in [0.5, 0.6) is 5.75 Å². The molecule has 0 spiro atoms. The number of amides is 2. The average Bonchev–Trinajstić information content (AvgIpc) is 3.03. The molecule has 4 aromatic rings. The molecule has 0 aliphatic rings. The van der Waals surface area contributed by atoms with Crippen LogP contribution in [0.25, 0.3) is 11.1 Å². The smallest absolute Gasteiger partial charge is 0.305 e. The quantitative estimate of drug-likeness (QED) is 0.210. The predicted molar refractivity (Wildman–Crippen MR) is 160 cm³/mol. The number of aliphatic hydroxyl groups is 1. The number of hydrogen-bond acceptors (Lipinski definition) is 5. The summed E-state index contributed by atoms with van der Waals surface area (Å²) in [6.45, 7) is 0.0694. The van der Waals surface area contributed by atoms with E-state index in [1.165, 1.54) is 4.90 Å². The van der Waals surface area contributed by atoms with Crippen LogP contribution in [-0.2, 0) is 11.2 Å². The summed E-state index contributed by atoms with van der Waals surface area (Å²) >= 11 is 0. The zero-order chi connectivity index (χ0) is 29.9. The number of methoxy groups -OCH3 is 1. The van der Waals surface area contributed by atoms with Crippen LogP contribution < -0.4 is 10.1 Å². The molecule has 0 bridgehead atoms. The van der Waals surface area contributed by atoms with Gasteiger partial charge in [-0.1, -0.05) is 78.9 Å². The van der Waals surface area contributed by atoms with Gasteiger partial charge in [0.25, 0.3) is 11.8 Å². The summed E-state index contributed by atoms with van der Waals surface area (Å²) in [7, 11) is 1.59. The van der Waals surface area contributed by atoms with E-state index in [0.717, 1.165) is 16.9 Å². The monoisotopic (exact) mass is 566 g/mol. The van der Waals surface area contributed by atoms with Crippen LogP contribution in [0.2, 0.25) is 0 Å². The molecule has 4 aromatic carbocycles. The van der Waals surface area contributed by atoms with E-state index >= 15 is 0 Å². The molecule has 0 saturated carbocycles. The second-order valence-corrected chi connectivity index (χ2v) is 9.74. The van der Waals surface area contributed by atoms with Crippen LogP contribution in [0.4, 0.5) is 0 Å². The van der Waals surface area contributed by atoms with E-state index in [1.807, 2.05) is 54.6 Å². The number of rotatable bonds is 13. The summed E-state index contributed by atoms with van der Waals surface area (Å²) in [6, 6.07) is 30.1. The molecular weight excluding hydrogens is 532 g/mol. The first-order valence-electron chi connectivity index (χ1n) is 13.7. The molecule has 3 N–H and O–H groups in total. The van der Waals surface area contributed by atoms with Gasteiger partial charge in [-0.15, -0.1) is 0 Å². The highest BCUT2D eigenvalue weighted by Crippen LogP contribution is 2.29. The Morgan fingerprint density at radius 2 is 1.38 bits per heavy atom. The van der Waals surface area contributed by atoms with Gasteiger partial charge in [0.1, 0.15) is 5.75 Å². The molecule has 0 fully saturated rings. The van der Waals surface area contributed by atoms with Gasteiger partial charge in [0.05, 0.1) is 26.2 Å². The molecule has 8 heteroatoms. The van der Waals surface area contributed by atoms with Crippen molar-refractivity contribution < 1.29 is 29.3 Å². The van der Waals surface area contributed by atoms with Crippen LogP contribution in [0.15, 0.2) is 103 Å². The third-order valence-electron chi connectivity index (χ3n) is 7.02. The SMILES string of the molecule is COc1ccc(CCN(CCC(=O)O)C(=O)c2ccccc2-c2ccccc2C(=O)NC(CO)c2ccccc2)cc1. The summed E-state index contributed by atoms with van der Waals surface area (Å²) in [5, 5.41) is 22.2. The summed E-state index contributed by atoms with van der Waals surface area (Å²) in [4.78, 5) is 40.4. The molecule has 216 valence electrons. The van der Waals surface area contributed by atoms with E-state index in [1.54, 1.807) is 55.6 Å². The van der Waals surface area contributed by atoms with Crippen molar-refractivity contribution in [1.82, 2.24) is 10.2 Å². The average molecular weight is 567 g/mol. The standard InChI is InChI=1S/C34H34N2O6/c1-42-26-17-15-24(16-18-26)19-21-36(22-20-32(38)39)34(41)30-14-8-6-12-28(30)27-11-5-7-13-29(27)33(40)35-31(23-37)25-9-3-2-4-10-25/h2-18,31,37H,19-23H2,1H3,(H,35,40)(H,38,39). The number of carbonyl (C=O) groups excluding carboxylic acids is 2. The number of hydrogen-bond donors (Lipinski definition) is 3. The van der Waals surface area contributed by atoms with Gasteiger partial charge in [-0.3, -0.25) is 14.4 Å². The summed E-state index contributed by atoms with van der Waals surface area (Å²) in [5.41, 5.74) is 3.57. The Labute approximate surface area is 245 Å². The largest absolute Gasteiger partial charge is 0.497 e. The van der Waals surface area contributed by atoms with E-state index in [9.17, 15) is 24.6 Å². The minimum Gasteiger partial charge on any atom is -0.497 e. The number of carboxylic acids is 1. The highest BCUT2D eigenvalue weighted by molar-refractivity contribution is 6.06. The number of carboxylic acid groups (broad SMARTS) is 1. The maximum absolute atomic E-state index is 13.9. The minimum absolute atomic E-state index is 0.0377. The van der Waals surface area contributed by atoms with Gasteiger partial charge >= 0.3 is 5.97 Å². The third-order valence-corrected chi connectivity index (χ3v) is 7.02. The molecule has 2 amide bonds. The van der Waals surface area contributed by atoms with Gasteiger partial charge in [-0.2, -0.15) is 0 Å². The van der Waals surface area contributed by atoms with Crippen LogP contribution in [-0.4, -0.2) is 59.7 Å². The van der Waals surface area contributed by atoms with E-state index < -0.39 is 17.9 Å². The fourth-order valence-electron chi connectivity index (χ4n) is 4.75. The topological polar surface area (TPSA) is 116 Å². The van der Waals surface area contributed by atoms with Crippen LogP contribution in [0, 0.1) is 0 Å². The molecule has 42 heavy (non-hydrogen) atoms. The second-order valence-electron chi connectivity index (χ2n) is 9.74. The fourth-order valence-corrected chi connectivity index (χ4v) is 4.75. The first-order chi connectivity index (χ1) is 20.4. The molecule has 0 aliphatic carbocycles. The lowest BCUT2D eigenvalue weighted by Gasteiger charge is -2.24. The minimum atomic E-state index is -0.996. The van der Waals surface area contributed by atoms with Crippen molar-refractivity contribution >= 4 is 17.8 Å². The van der Waals surface area contributed by atoms with Crippen LogP contribution >= 0.6 is 0 Å². The van der Waals surface area contributed by atoms with Crippen molar-refractivity contribution in [2.24, 2.45) is 0 Å². The molecular formula is C34H34N2O6. The zero-order valence-corrected chi connectivity index (χ0v) is 23.4. The Balaban J connectivity index is 1.62.